The van der Waals surface area contributed by atoms with E-state index in [1.807, 2.05) is 0 Å². The predicted octanol–water partition coefficient (Wildman–Crippen LogP) is 2.49. The van der Waals surface area contributed by atoms with Crippen LogP contribution in [0.25, 0.3) is 0 Å². The van der Waals surface area contributed by atoms with E-state index in [9.17, 15) is 14.0 Å². The van der Waals surface area contributed by atoms with Gasteiger partial charge in [0.2, 0.25) is 5.91 Å². The summed E-state index contributed by atoms with van der Waals surface area (Å²) in [5.41, 5.74) is 0.119. The van der Waals surface area contributed by atoms with Crippen molar-refractivity contribution in [3.63, 3.8) is 0 Å². The SMILES string of the molecule is O=C(O)C1CCCCN1C(=O)Cc1c(F)cccc1Cl. The maximum Gasteiger partial charge on any atom is 0.326 e. The summed E-state index contributed by atoms with van der Waals surface area (Å²) in [4.78, 5) is 24.7. The number of carbonyl (C=O) groups excluding carboxylic acids is 1. The molecule has 1 saturated heterocycles. The minimum absolute atomic E-state index is 0.119. The third-order valence-corrected chi connectivity index (χ3v) is 3.85. The van der Waals surface area contributed by atoms with Crippen LogP contribution in [0.15, 0.2) is 18.2 Å². The van der Waals surface area contributed by atoms with E-state index in [2.05, 4.69) is 0 Å². The lowest BCUT2D eigenvalue weighted by Crippen LogP contribution is -2.48. The zero-order valence-electron chi connectivity index (χ0n) is 10.8. The summed E-state index contributed by atoms with van der Waals surface area (Å²) in [5, 5.41) is 9.32. The number of carboxylic acid groups (broad SMARTS) is 1. The van der Waals surface area contributed by atoms with E-state index in [0.717, 1.165) is 12.8 Å². The number of rotatable bonds is 3. The van der Waals surface area contributed by atoms with Crippen molar-refractivity contribution in [2.24, 2.45) is 0 Å². The summed E-state index contributed by atoms with van der Waals surface area (Å²) in [6.07, 6.45) is 1.77. The predicted molar refractivity (Wildman–Crippen MR) is 72.1 cm³/mol. The van der Waals surface area contributed by atoms with Crippen molar-refractivity contribution in [3.8, 4) is 0 Å². The molecule has 1 aromatic rings. The standard InChI is InChI=1S/C14H15ClFNO3/c15-10-4-3-5-11(16)9(10)8-13(18)17-7-2-1-6-12(17)14(19)20/h3-5,12H,1-2,6-8H2,(H,19,20). The monoisotopic (exact) mass is 299 g/mol. The topological polar surface area (TPSA) is 57.6 Å². The first-order chi connectivity index (χ1) is 9.50. The van der Waals surface area contributed by atoms with Gasteiger partial charge in [0.25, 0.3) is 0 Å². The lowest BCUT2D eigenvalue weighted by Gasteiger charge is -2.33. The number of hydrogen-bond acceptors (Lipinski definition) is 2. The Morgan fingerprint density at radius 3 is 2.80 bits per heavy atom. The van der Waals surface area contributed by atoms with Gasteiger partial charge < -0.3 is 10.0 Å². The first kappa shape index (κ1) is 14.8. The molecule has 1 amide bonds. The van der Waals surface area contributed by atoms with E-state index in [4.69, 9.17) is 16.7 Å². The summed E-state index contributed by atoms with van der Waals surface area (Å²) in [6, 6.07) is 3.39. The Morgan fingerprint density at radius 1 is 1.40 bits per heavy atom. The molecule has 4 nitrogen and oxygen atoms in total. The smallest absolute Gasteiger partial charge is 0.326 e. The van der Waals surface area contributed by atoms with Crippen molar-refractivity contribution in [3.05, 3.63) is 34.6 Å². The summed E-state index contributed by atoms with van der Waals surface area (Å²) in [5.74, 6) is -1.96. The molecule has 0 spiro atoms. The average molecular weight is 300 g/mol. The van der Waals surface area contributed by atoms with Crippen LogP contribution in [0.3, 0.4) is 0 Å². The fourth-order valence-corrected chi connectivity index (χ4v) is 2.67. The second kappa shape index (κ2) is 6.22. The Hall–Kier alpha value is -1.62. The van der Waals surface area contributed by atoms with Crippen LogP contribution in [0.4, 0.5) is 4.39 Å². The number of benzene rings is 1. The zero-order chi connectivity index (χ0) is 14.7. The maximum absolute atomic E-state index is 13.7. The molecule has 1 aliphatic rings. The van der Waals surface area contributed by atoms with Crippen LogP contribution >= 0.6 is 11.6 Å². The van der Waals surface area contributed by atoms with Gasteiger partial charge in [-0.15, -0.1) is 0 Å². The fourth-order valence-electron chi connectivity index (χ4n) is 2.44. The molecule has 1 aromatic carbocycles. The Bertz CT molecular complexity index is 515. The number of piperidine rings is 1. The molecule has 6 heteroatoms. The first-order valence-corrected chi connectivity index (χ1v) is 6.83. The second-order valence-corrected chi connectivity index (χ2v) is 5.22. The summed E-state index contributed by atoms with van der Waals surface area (Å²) < 4.78 is 13.7. The van der Waals surface area contributed by atoms with E-state index < -0.39 is 23.7 Å². The van der Waals surface area contributed by atoms with Crippen molar-refractivity contribution in [2.75, 3.05) is 6.54 Å². The van der Waals surface area contributed by atoms with Gasteiger partial charge in [-0.1, -0.05) is 17.7 Å². The number of hydrogen-bond donors (Lipinski definition) is 1. The summed E-state index contributed by atoms with van der Waals surface area (Å²) in [6.45, 7) is 0.391. The molecule has 1 heterocycles. The number of likely N-dealkylation sites (tertiary alicyclic amines) is 1. The molecule has 0 bridgehead atoms. The molecule has 0 saturated carbocycles. The van der Waals surface area contributed by atoms with Crippen molar-refractivity contribution >= 4 is 23.5 Å². The summed E-state index contributed by atoms with van der Waals surface area (Å²) in [7, 11) is 0. The number of carboxylic acids is 1. The molecule has 0 aliphatic carbocycles. The van der Waals surface area contributed by atoms with E-state index in [1.165, 1.54) is 23.1 Å². The fraction of sp³-hybridized carbons (Fsp3) is 0.429. The van der Waals surface area contributed by atoms with Gasteiger partial charge in [-0.25, -0.2) is 9.18 Å². The van der Waals surface area contributed by atoms with Gasteiger partial charge >= 0.3 is 5.97 Å². The number of halogens is 2. The van der Waals surface area contributed by atoms with E-state index in [0.29, 0.717) is 13.0 Å². The highest BCUT2D eigenvalue weighted by atomic mass is 35.5. The number of nitrogens with zero attached hydrogens (tertiary/aromatic N) is 1. The molecule has 1 aliphatic heterocycles. The van der Waals surface area contributed by atoms with Gasteiger partial charge in [-0.05, 0) is 31.4 Å². The summed E-state index contributed by atoms with van der Waals surface area (Å²) >= 11 is 5.88. The molecule has 2 rings (SSSR count). The molecule has 1 unspecified atom stereocenters. The van der Waals surface area contributed by atoms with Crippen LogP contribution in [0, 0.1) is 5.82 Å². The highest BCUT2D eigenvalue weighted by Crippen LogP contribution is 2.23. The van der Waals surface area contributed by atoms with Crippen LogP contribution in [0.5, 0.6) is 0 Å². The minimum Gasteiger partial charge on any atom is -0.480 e. The average Bonchev–Trinajstić information content (AvgIpc) is 2.43. The molecule has 108 valence electrons. The van der Waals surface area contributed by atoms with Gasteiger partial charge in [0, 0.05) is 17.1 Å². The zero-order valence-corrected chi connectivity index (χ0v) is 11.6. The van der Waals surface area contributed by atoms with E-state index in [1.54, 1.807) is 0 Å². The molecule has 1 atom stereocenters. The van der Waals surface area contributed by atoms with Crippen molar-refractivity contribution in [1.82, 2.24) is 4.90 Å². The molecule has 1 N–H and O–H groups in total. The molecular weight excluding hydrogens is 285 g/mol. The normalized spacial score (nSPS) is 18.9. The molecule has 20 heavy (non-hydrogen) atoms. The van der Waals surface area contributed by atoms with Crippen molar-refractivity contribution in [1.29, 1.82) is 0 Å². The molecule has 1 fully saturated rings. The molecule has 0 aromatic heterocycles. The highest BCUT2D eigenvalue weighted by molar-refractivity contribution is 6.31. The van der Waals surface area contributed by atoms with Gasteiger partial charge in [-0.3, -0.25) is 4.79 Å². The lowest BCUT2D eigenvalue weighted by molar-refractivity contribution is -0.151. The lowest BCUT2D eigenvalue weighted by atomic mass is 10.0. The van der Waals surface area contributed by atoms with Crippen LogP contribution in [-0.4, -0.2) is 34.5 Å². The van der Waals surface area contributed by atoms with Crippen molar-refractivity contribution < 1.29 is 19.1 Å². The number of aliphatic carboxylic acids is 1. The van der Waals surface area contributed by atoms with E-state index >= 15 is 0 Å². The largest absolute Gasteiger partial charge is 0.480 e. The Kier molecular flexibility index (Phi) is 4.60. The second-order valence-electron chi connectivity index (χ2n) is 4.81. The molecule has 0 radical (unpaired) electrons. The molecular formula is C14H15ClFNO3. The quantitative estimate of drug-likeness (QED) is 0.933. The van der Waals surface area contributed by atoms with E-state index in [-0.39, 0.29) is 17.0 Å². The third kappa shape index (κ3) is 3.10. The maximum atomic E-state index is 13.7. The first-order valence-electron chi connectivity index (χ1n) is 6.46. The van der Waals surface area contributed by atoms with Gasteiger partial charge in [-0.2, -0.15) is 0 Å². The van der Waals surface area contributed by atoms with Gasteiger partial charge in [0.15, 0.2) is 0 Å². The third-order valence-electron chi connectivity index (χ3n) is 3.50. The Morgan fingerprint density at radius 2 is 2.15 bits per heavy atom. The van der Waals surface area contributed by atoms with Gasteiger partial charge in [0.05, 0.1) is 6.42 Å². The number of amides is 1. The van der Waals surface area contributed by atoms with Crippen LogP contribution in [0.2, 0.25) is 5.02 Å². The Labute approximate surface area is 121 Å². The van der Waals surface area contributed by atoms with Gasteiger partial charge in [0.1, 0.15) is 11.9 Å². The van der Waals surface area contributed by atoms with Crippen molar-refractivity contribution in [2.45, 2.75) is 31.7 Å². The van der Waals surface area contributed by atoms with Crippen LogP contribution < -0.4 is 0 Å². The highest BCUT2D eigenvalue weighted by Gasteiger charge is 2.32. The van der Waals surface area contributed by atoms with Crippen LogP contribution in [0.1, 0.15) is 24.8 Å². The number of carbonyl (C=O) groups is 2. The minimum atomic E-state index is -1.02. The Balaban J connectivity index is 2.16. The van der Waals surface area contributed by atoms with Crippen LogP contribution in [-0.2, 0) is 16.0 Å².